The van der Waals surface area contributed by atoms with Gasteiger partial charge in [0.1, 0.15) is 0 Å². The van der Waals surface area contributed by atoms with Gasteiger partial charge < -0.3 is 20.1 Å². The molecule has 9 heteroatoms. The van der Waals surface area contributed by atoms with Gasteiger partial charge in [0.25, 0.3) is 5.91 Å². The van der Waals surface area contributed by atoms with Crippen molar-refractivity contribution in [3.05, 3.63) is 58.6 Å². The van der Waals surface area contributed by atoms with Gasteiger partial charge in [-0.1, -0.05) is 15.9 Å². The van der Waals surface area contributed by atoms with Gasteiger partial charge in [-0.2, -0.15) is 0 Å². The number of rotatable bonds is 8. The fourth-order valence-corrected chi connectivity index (χ4v) is 2.46. The van der Waals surface area contributed by atoms with Gasteiger partial charge in [0.05, 0.1) is 19.1 Å². The molecule has 0 unspecified atom stereocenters. The molecule has 0 saturated heterocycles. The van der Waals surface area contributed by atoms with E-state index in [1.54, 1.807) is 24.3 Å². The first-order valence-electron chi connectivity index (χ1n) is 8.56. The lowest BCUT2D eigenvalue weighted by Crippen LogP contribution is -2.21. The van der Waals surface area contributed by atoms with E-state index in [1.165, 1.54) is 31.4 Å². The molecule has 0 radical (unpaired) electrons. The summed E-state index contributed by atoms with van der Waals surface area (Å²) >= 11 is 3.30. The Kier molecular flexibility index (Phi) is 8.35. The summed E-state index contributed by atoms with van der Waals surface area (Å²) in [6, 6.07) is 13.1. The summed E-state index contributed by atoms with van der Waals surface area (Å²) in [6.45, 7) is -0.480. The molecule has 0 aliphatic rings. The first-order valence-corrected chi connectivity index (χ1v) is 9.36. The Bertz CT molecular complexity index is 881. The summed E-state index contributed by atoms with van der Waals surface area (Å²) in [6.07, 6.45) is -0.213. The normalized spacial score (nSPS) is 10.0. The number of nitrogens with one attached hydrogen (secondary N) is 2. The number of carbonyl (C=O) groups is 4. The van der Waals surface area contributed by atoms with Crippen LogP contribution in [-0.2, 0) is 23.9 Å². The van der Waals surface area contributed by atoms with Crippen LogP contribution in [0, 0.1) is 0 Å². The van der Waals surface area contributed by atoms with Crippen molar-refractivity contribution < 1.29 is 28.7 Å². The number of ether oxygens (including phenoxy) is 2. The van der Waals surface area contributed by atoms with Gasteiger partial charge in [0, 0.05) is 22.3 Å². The minimum atomic E-state index is -0.660. The molecule has 2 N–H and O–H groups in total. The Balaban J connectivity index is 1.68. The summed E-state index contributed by atoms with van der Waals surface area (Å²) in [4.78, 5) is 46.7. The number of anilines is 2. The number of esters is 2. The first-order chi connectivity index (χ1) is 13.9. The molecular weight excluding hydrogens is 444 g/mol. The predicted molar refractivity (Wildman–Crippen MR) is 109 cm³/mol. The van der Waals surface area contributed by atoms with Crippen LogP contribution in [0.4, 0.5) is 11.4 Å². The number of benzene rings is 2. The van der Waals surface area contributed by atoms with Gasteiger partial charge in [0.2, 0.25) is 5.91 Å². The quantitative estimate of drug-likeness (QED) is 0.582. The standard InChI is InChI=1S/C20H19BrN2O6/c1-28-20(27)13-2-6-15(7-3-13)23-18(25)12-29-19(26)11-10-17(24)22-16-8-4-14(21)5-9-16/h2-9H,10-12H2,1H3,(H,22,24)(H,23,25). The maximum absolute atomic E-state index is 11.8. The molecule has 0 aliphatic carbocycles. The van der Waals surface area contributed by atoms with E-state index < -0.39 is 24.5 Å². The zero-order chi connectivity index (χ0) is 21.2. The third-order valence-electron chi connectivity index (χ3n) is 3.64. The van der Waals surface area contributed by atoms with Gasteiger partial charge in [-0.15, -0.1) is 0 Å². The van der Waals surface area contributed by atoms with Crippen molar-refractivity contribution >= 4 is 51.1 Å². The van der Waals surface area contributed by atoms with Crippen LogP contribution in [0.3, 0.4) is 0 Å². The summed E-state index contributed by atoms with van der Waals surface area (Å²) in [5.74, 6) is -2.02. The van der Waals surface area contributed by atoms with Crippen LogP contribution >= 0.6 is 15.9 Å². The van der Waals surface area contributed by atoms with Gasteiger partial charge >= 0.3 is 11.9 Å². The number of halogens is 1. The minimum absolute atomic E-state index is 0.0640. The first kappa shape index (κ1) is 22.1. The van der Waals surface area contributed by atoms with Crippen molar-refractivity contribution in [1.29, 1.82) is 0 Å². The van der Waals surface area contributed by atoms with Crippen LogP contribution in [0.1, 0.15) is 23.2 Å². The molecule has 0 spiro atoms. The summed E-state index contributed by atoms with van der Waals surface area (Å²) in [5, 5.41) is 5.19. The van der Waals surface area contributed by atoms with Crippen LogP contribution in [-0.4, -0.2) is 37.5 Å². The molecule has 0 fully saturated rings. The number of amides is 2. The molecule has 0 aromatic heterocycles. The molecule has 0 saturated carbocycles. The number of hydrogen-bond donors (Lipinski definition) is 2. The largest absolute Gasteiger partial charge is 0.465 e. The number of carbonyl (C=O) groups excluding carboxylic acids is 4. The second-order valence-corrected chi connectivity index (χ2v) is 6.75. The highest BCUT2D eigenvalue weighted by molar-refractivity contribution is 9.10. The molecule has 2 aromatic carbocycles. The third kappa shape index (κ3) is 7.74. The van der Waals surface area contributed by atoms with Crippen LogP contribution in [0.15, 0.2) is 53.0 Å². The average Bonchev–Trinajstić information content (AvgIpc) is 2.72. The van der Waals surface area contributed by atoms with Crippen LogP contribution in [0.25, 0.3) is 0 Å². The van der Waals surface area contributed by atoms with Gasteiger partial charge in [-0.05, 0) is 48.5 Å². The zero-order valence-corrected chi connectivity index (χ0v) is 17.2. The summed E-state index contributed by atoms with van der Waals surface area (Å²) in [5.41, 5.74) is 1.40. The minimum Gasteiger partial charge on any atom is -0.465 e. The van der Waals surface area contributed by atoms with Crippen molar-refractivity contribution in [2.45, 2.75) is 12.8 Å². The van der Waals surface area contributed by atoms with Gasteiger partial charge in [-0.25, -0.2) is 4.79 Å². The van der Waals surface area contributed by atoms with Crippen molar-refractivity contribution in [1.82, 2.24) is 0 Å². The van der Waals surface area contributed by atoms with Gasteiger partial charge in [0.15, 0.2) is 6.61 Å². The van der Waals surface area contributed by atoms with E-state index in [0.29, 0.717) is 16.9 Å². The highest BCUT2D eigenvalue weighted by atomic mass is 79.9. The molecule has 2 aromatic rings. The van der Waals surface area contributed by atoms with Crippen LogP contribution in [0.5, 0.6) is 0 Å². The average molecular weight is 463 g/mol. The maximum Gasteiger partial charge on any atom is 0.337 e. The summed E-state index contributed by atoms with van der Waals surface area (Å²) < 4.78 is 10.3. The number of hydrogen-bond acceptors (Lipinski definition) is 6. The van der Waals surface area contributed by atoms with E-state index in [2.05, 4.69) is 31.3 Å². The van der Waals surface area contributed by atoms with Gasteiger partial charge in [-0.3, -0.25) is 14.4 Å². The van der Waals surface area contributed by atoms with Crippen molar-refractivity contribution in [3.8, 4) is 0 Å². The Morgan fingerprint density at radius 2 is 1.38 bits per heavy atom. The molecule has 0 bridgehead atoms. The van der Waals surface area contributed by atoms with Crippen molar-refractivity contribution in [2.24, 2.45) is 0 Å². The van der Waals surface area contributed by atoms with E-state index in [0.717, 1.165) is 4.47 Å². The smallest absolute Gasteiger partial charge is 0.337 e. The molecule has 2 rings (SSSR count). The Hall–Kier alpha value is -3.20. The molecule has 2 amide bonds. The predicted octanol–water partition coefficient (Wildman–Crippen LogP) is 3.14. The van der Waals surface area contributed by atoms with Crippen LogP contribution < -0.4 is 10.6 Å². The Morgan fingerprint density at radius 1 is 0.828 bits per heavy atom. The van der Waals surface area contributed by atoms with E-state index >= 15 is 0 Å². The molecule has 29 heavy (non-hydrogen) atoms. The Morgan fingerprint density at radius 3 is 1.97 bits per heavy atom. The molecular formula is C20H19BrN2O6. The molecule has 0 heterocycles. The lowest BCUT2D eigenvalue weighted by molar-refractivity contribution is -0.147. The highest BCUT2D eigenvalue weighted by Crippen LogP contribution is 2.14. The zero-order valence-electron chi connectivity index (χ0n) is 15.6. The second-order valence-electron chi connectivity index (χ2n) is 5.83. The fourth-order valence-electron chi connectivity index (χ4n) is 2.20. The highest BCUT2D eigenvalue weighted by Gasteiger charge is 2.11. The monoisotopic (exact) mass is 462 g/mol. The van der Waals surface area contributed by atoms with Crippen LogP contribution in [0.2, 0.25) is 0 Å². The summed E-state index contributed by atoms with van der Waals surface area (Å²) in [7, 11) is 1.27. The maximum atomic E-state index is 11.8. The van der Waals surface area contributed by atoms with E-state index in [9.17, 15) is 19.2 Å². The van der Waals surface area contributed by atoms with E-state index in [-0.39, 0.29) is 18.7 Å². The fraction of sp³-hybridized carbons (Fsp3) is 0.200. The molecule has 0 aliphatic heterocycles. The second kappa shape index (κ2) is 11.0. The third-order valence-corrected chi connectivity index (χ3v) is 4.17. The molecule has 152 valence electrons. The van der Waals surface area contributed by atoms with Crippen molar-refractivity contribution in [3.63, 3.8) is 0 Å². The molecule has 8 nitrogen and oxygen atoms in total. The SMILES string of the molecule is COC(=O)c1ccc(NC(=O)COC(=O)CCC(=O)Nc2ccc(Br)cc2)cc1. The lowest BCUT2D eigenvalue weighted by atomic mass is 10.2. The Labute approximate surface area is 175 Å². The van der Waals surface area contributed by atoms with E-state index in [4.69, 9.17) is 4.74 Å². The molecule has 0 atom stereocenters. The number of methoxy groups -OCH3 is 1. The lowest BCUT2D eigenvalue weighted by Gasteiger charge is -2.08. The van der Waals surface area contributed by atoms with E-state index in [1.807, 2.05) is 0 Å². The topological polar surface area (TPSA) is 111 Å². The van der Waals surface area contributed by atoms with Crippen molar-refractivity contribution in [2.75, 3.05) is 24.4 Å².